The molecule has 1 N–H and O–H groups in total. The first-order chi connectivity index (χ1) is 17.4. The van der Waals surface area contributed by atoms with Gasteiger partial charge < -0.3 is 9.47 Å². The third-order valence-electron chi connectivity index (χ3n) is 7.74. The second kappa shape index (κ2) is 8.85. The molecule has 3 aliphatic heterocycles. The number of nitrogens with one attached hydrogen (secondary N) is 1. The van der Waals surface area contributed by atoms with Crippen LogP contribution in [0, 0.1) is 0 Å². The highest BCUT2D eigenvalue weighted by molar-refractivity contribution is 6.05. The Hall–Kier alpha value is -3.52. The minimum Gasteiger partial charge on any atom is -0.330 e. The molecule has 0 saturated carbocycles. The fourth-order valence-corrected chi connectivity index (χ4v) is 5.81. The van der Waals surface area contributed by atoms with E-state index in [4.69, 9.17) is 4.98 Å². The summed E-state index contributed by atoms with van der Waals surface area (Å²) in [6.07, 6.45) is 5.23. The summed E-state index contributed by atoms with van der Waals surface area (Å²) in [5.74, 6) is -0.821. The highest BCUT2D eigenvalue weighted by atomic mass is 16.2. The SMILES string of the molecule is CC(C)n1ccc2c(CN3CCCC3)cc(-c3ccc4c(c3)CN(C3CCC(=O)NC3=O)C4=O)nc21. The summed E-state index contributed by atoms with van der Waals surface area (Å²) in [6, 6.07) is 9.91. The number of carbonyl (C=O) groups excluding carboxylic acids is 3. The van der Waals surface area contributed by atoms with Crippen molar-refractivity contribution in [1.82, 2.24) is 24.7 Å². The van der Waals surface area contributed by atoms with E-state index in [0.29, 0.717) is 24.6 Å². The predicted octanol–water partition coefficient (Wildman–Crippen LogP) is 3.64. The first kappa shape index (κ1) is 22.9. The van der Waals surface area contributed by atoms with E-state index in [2.05, 4.69) is 47.0 Å². The number of hydrogen-bond acceptors (Lipinski definition) is 5. The summed E-state index contributed by atoms with van der Waals surface area (Å²) >= 11 is 0. The molecule has 0 aliphatic carbocycles. The number of hydrogen-bond donors (Lipinski definition) is 1. The van der Waals surface area contributed by atoms with Gasteiger partial charge in [0.25, 0.3) is 5.91 Å². The number of amides is 3. The van der Waals surface area contributed by atoms with Gasteiger partial charge in [-0.1, -0.05) is 6.07 Å². The predicted molar refractivity (Wildman–Crippen MR) is 136 cm³/mol. The van der Waals surface area contributed by atoms with Gasteiger partial charge in [-0.2, -0.15) is 0 Å². The van der Waals surface area contributed by atoms with E-state index in [1.54, 1.807) is 4.90 Å². The third-order valence-corrected chi connectivity index (χ3v) is 7.74. The molecule has 1 unspecified atom stereocenters. The van der Waals surface area contributed by atoms with E-state index in [9.17, 15) is 14.4 Å². The second-order valence-electron chi connectivity index (χ2n) is 10.5. The Balaban J connectivity index is 1.36. The van der Waals surface area contributed by atoms with Gasteiger partial charge in [-0.05, 0) is 81.6 Å². The van der Waals surface area contributed by atoms with Gasteiger partial charge in [-0.25, -0.2) is 4.98 Å². The minimum absolute atomic E-state index is 0.155. The van der Waals surface area contributed by atoms with Crippen molar-refractivity contribution in [1.29, 1.82) is 0 Å². The van der Waals surface area contributed by atoms with Gasteiger partial charge in [-0.3, -0.25) is 24.6 Å². The molecule has 3 amide bonds. The number of fused-ring (bicyclic) bond motifs is 2. The Morgan fingerprint density at radius 1 is 1.08 bits per heavy atom. The van der Waals surface area contributed by atoms with E-state index in [1.807, 2.05) is 18.2 Å². The van der Waals surface area contributed by atoms with Crippen LogP contribution in [0.1, 0.15) is 67.1 Å². The van der Waals surface area contributed by atoms with Crippen molar-refractivity contribution in [2.24, 2.45) is 0 Å². The van der Waals surface area contributed by atoms with Crippen LogP contribution in [0.4, 0.5) is 0 Å². The molecule has 3 aromatic rings. The summed E-state index contributed by atoms with van der Waals surface area (Å²) in [6.45, 7) is 7.85. The average Bonchev–Trinajstić information content (AvgIpc) is 3.58. The molecule has 1 atom stereocenters. The Morgan fingerprint density at radius 2 is 1.89 bits per heavy atom. The van der Waals surface area contributed by atoms with E-state index in [0.717, 1.165) is 42.1 Å². The molecule has 0 bridgehead atoms. The van der Waals surface area contributed by atoms with Crippen LogP contribution in [-0.4, -0.2) is 56.2 Å². The molecular weight excluding hydrogens is 454 g/mol. The lowest BCUT2D eigenvalue weighted by Crippen LogP contribution is -2.52. The molecule has 5 heterocycles. The maximum Gasteiger partial charge on any atom is 0.255 e. The van der Waals surface area contributed by atoms with Crippen molar-refractivity contribution >= 4 is 28.8 Å². The summed E-state index contributed by atoms with van der Waals surface area (Å²) < 4.78 is 2.22. The van der Waals surface area contributed by atoms with E-state index in [-0.39, 0.29) is 24.1 Å². The Morgan fingerprint density at radius 3 is 2.64 bits per heavy atom. The van der Waals surface area contributed by atoms with Crippen LogP contribution in [0.3, 0.4) is 0 Å². The number of aromatic nitrogens is 2. The van der Waals surface area contributed by atoms with Gasteiger partial charge in [-0.15, -0.1) is 0 Å². The fraction of sp³-hybridized carbons (Fsp3) is 0.429. The lowest BCUT2D eigenvalue weighted by atomic mass is 10.0. The average molecular weight is 486 g/mol. The van der Waals surface area contributed by atoms with Crippen LogP contribution in [0.5, 0.6) is 0 Å². The molecule has 8 heteroatoms. The smallest absolute Gasteiger partial charge is 0.255 e. The van der Waals surface area contributed by atoms with Crippen LogP contribution in [0.25, 0.3) is 22.3 Å². The van der Waals surface area contributed by atoms with Gasteiger partial charge in [0.05, 0.1) is 5.69 Å². The number of nitrogens with zero attached hydrogens (tertiary/aromatic N) is 4. The van der Waals surface area contributed by atoms with Crippen LogP contribution in [0.2, 0.25) is 0 Å². The molecule has 2 saturated heterocycles. The molecule has 186 valence electrons. The normalized spacial score (nSPS) is 20.6. The molecule has 2 fully saturated rings. The monoisotopic (exact) mass is 485 g/mol. The van der Waals surface area contributed by atoms with Crippen LogP contribution in [0.15, 0.2) is 36.5 Å². The first-order valence-electron chi connectivity index (χ1n) is 12.9. The topological polar surface area (TPSA) is 87.5 Å². The Bertz CT molecular complexity index is 1390. The van der Waals surface area contributed by atoms with Crippen molar-refractivity contribution in [3.05, 3.63) is 53.2 Å². The van der Waals surface area contributed by atoms with Crippen molar-refractivity contribution < 1.29 is 14.4 Å². The fourth-order valence-electron chi connectivity index (χ4n) is 5.81. The van der Waals surface area contributed by atoms with Crippen LogP contribution < -0.4 is 5.32 Å². The molecule has 36 heavy (non-hydrogen) atoms. The van der Waals surface area contributed by atoms with Gasteiger partial charge in [0.15, 0.2) is 0 Å². The third kappa shape index (κ3) is 3.89. The molecule has 0 radical (unpaired) electrons. The Labute approximate surface area is 210 Å². The maximum absolute atomic E-state index is 13.1. The summed E-state index contributed by atoms with van der Waals surface area (Å²) in [5.41, 5.74) is 5.63. The number of carbonyl (C=O) groups is 3. The molecule has 2 aromatic heterocycles. The zero-order valence-electron chi connectivity index (χ0n) is 20.8. The molecule has 8 nitrogen and oxygen atoms in total. The van der Waals surface area contributed by atoms with Crippen LogP contribution in [-0.2, 0) is 22.7 Å². The number of pyridine rings is 1. The second-order valence-corrected chi connectivity index (χ2v) is 10.5. The van der Waals surface area contributed by atoms with E-state index in [1.165, 1.54) is 23.8 Å². The first-order valence-corrected chi connectivity index (χ1v) is 12.9. The highest BCUT2D eigenvalue weighted by Crippen LogP contribution is 2.33. The number of piperidine rings is 1. The van der Waals surface area contributed by atoms with E-state index < -0.39 is 6.04 Å². The quantitative estimate of drug-likeness (QED) is 0.558. The molecule has 6 rings (SSSR count). The van der Waals surface area contributed by atoms with Gasteiger partial charge in [0.1, 0.15) is 11.7 Å². The number of likely N-dealkylation sites (tertiary alicyclic amines) is 1. The maximum atomic E-state index is 13.1. The highest BCUT2D eigenvalue weighted by Gasteiger charge is 2.39. The zero-order chi connectivity index (χ0) is 25.0. The van der Waals surface area contributed by atoms with E-state index >= 15 is 0 Å². The van der Waals surface area contributed by atoms with Crippen molar-refractivity contribution in [3.63, 3.8) is 0 Å². The lowest BCUT2D eigenvalue weighted by Gasteiger charge is -2.29. The molecule has 3 aliphatic rings. The molecule has 0 spiro atoms. The molecule has 1 aromatic carbocycles. The largest absolute Gasteiger partial charge is 0.330 e. The van der Waals surface area contributed by atoms with Gasteiger partial charge in [0, 0.05) is 48.3 Å². The summed E-state index contributed by atoms with van der Waals surface area (Å²) in [5, 5.41) is 3.56. The van der Waals surface area contributed by atoms with Crippen molar-refractivity contribution in [2.45, 2.75) is 64.7 Å². The number of imide groups is 1. The standard InChI is InChI=1S/C28H31N5O3/c1-17(2)32-12-9-21-20(15-31-10-3-4-11-31)14-23(29-26(21)32)18-5-6-22-19(13-18)16-33(28(22)36)24-7-8-25(34)30-27(24)35/h5-6,9,12-14,17,24H,3-4,7-8,10-11,15-16H2,1-2H3,(H,30,34,35). The molecular formula is C28H31N5O3. The summed E-state index contributed by atoms with van der Waals surface area (Å²) in [7, 11) is 0. The van der Waals surface area contributed by atoms with Gasteiger partial charge in [0.2, 0.25) is 11.8 Å². The number of rotatable bonds is 5. The lowest BCUT2D eigenvalue weighted by molar-refractivity contribution is -0.136. The number of benzene rings is 1. The van der Waals surface area contributed by atoms with Crippen molar-refractivity contribution in [2.75, 3.05) is 13.1 Å². The van der Waals surface area contributed by atoms with Crippen molar-refractivity contribution in [3.8, 4) is 11.3 Å². The van der Waals surface area contributed by atoms with Crippen LogP contribution >= 0.6 is 0 Å². The zero-order valence-corrected chi connectivity index (χ0v) is 20.8. The minimum atomic E-state index is -0.609. The summed E-state index contributed by atoms with van der Waals surface area (Å²) in [4.78, 5) is 46.3. The Kier molecular flexibility index (Phi) is 5.63. The van der Waals surface area contributed by atoms with Gasteiger partial charge >= 0.3 is 0 Å².